The van der Waals surface area contributed by atoms with Crippen LogP contribution in [0.15, 0.2) is 54.9 Å². The summed E-state index contributed by atoms with van der Waals surface area (Å²) in [6.45, 7) is -0.622. The Morgan fingerprint density at radius 2 is 1.81 bits per heavy atom. The first-order valence-corrected chi connectivity index (χ1v) is 14.6. The second-order valence-corrected chi connectivity index (χ2v) is 11.0. The molecule has 15 heteroatoms. The van der Waals surface area contributed by atoms with Gasteiger partial charge in [0.05, 0.1) is 35.9 Å². The van der Waals surface area contributed by atoms with E-state index in [-0.39, 0.29) is 47.1 Å². The van der Waals surface area contributed by atoms with Crippen molar-refractivity contribution in [1.29, 1.82) is 0 Å². The average Bonchev–Trinajstić information content (AvgIpc) is 3.64. The Kier molecular flexibility index (Phi) is 8.56. The van der Waals surface area contributed by atoms with Gasteiger partial charge in [-0.3, -0.25) is 9.59 Å². The number of hydrogen-bond donors (Lipinski definition) is 3. The minimum absolute atomic E-state index is 0.00502. The number of halogens is 4. The van der Waals surface area contributed by atoms with Crippen LogP contribution < -0.4 is 20.9 Å². The number of alkyl halides is 2. The van der Waals surface area contributed by atoms with Crippen LogP contribution >= 0.6 is 0 Å². The lowest BCUT2D eigenvalue weighted by Gasteiger charge is -2.32. The highest BCUT2D eigenvalue weighted by molar-refractivity contribution is 6.12. The minimum atomic E-state index is -3.06. The molecule has 3 aromatic heterocycles. The summed E-state index contributed by atoms with van der Waals surface area (Å²) in [5.74, 6) is -3.29. The number of fused-ring (bicyclic) bond motifs is 1. The van der Waals surface area contributed by atoms with Crippen LogP contribution in [-0.4, -0.2) is 62.6 Å². The fourth-order valence-electron chi connectivity index (χ4n) is 5.74. The number of rotatable bonds is 9. The number of likely N-dealkylation sites (tertiary alicyclic amines) is 1. The molecule has 0 bridgehead atoms. The predicted molar refractivity (Wildman–Crippen MR) is 163 cm³/mol. The summed E-state index contributed by atoms with van der Waals surface area (Å²) < 4.78 is 66.3. The van der Waals surface area contributed by atoms with Gasteiger partial charge in [0.2, 0.25) is 23.3 Å². The molecule has 0 saturated carbocycles. The van der Waals surface area contributed by atoms with Gasteiger partial charge in [-0.25, -0.2) is 18.4 Å². The van der Waals surface area contributed by atoms with Crippen molar-refractivity contribution in [3.05, 3.63) is 88.9 Å². The van der Waals surface area contributed by atoms with Gasteiger partial charge in [-0.2, -0.15) is 13.9 Å². The van der Waals surface area contributed by atoms with Gasteiger partial charge in [0, 0.05) is 30.1 Å². The smallest absolute Gasteiger partial charge is 0.387 e. The number of hydrogen-bond acceptors (Lipinski definition) is 8. The Hall–Kier alpha value is -5.44. The van der Waals surface area contributed by atoms with Gasteiger partial charge in [0.25, 0.3) is 0 Å². The zero-order valence-corrected chi connectivity index (χ0v) is 25.0. The van der Waals surface area contributed by atoms with Crippen molar-refractivity contribution in [2.45, 2.75) is 32.3 Å². The molecule has 5 N–H and O–H groups in total. The number of H-pyrrole nitrogens is 1. The van der Waals surface area contributed by atoms with Crippen LogP contribution in [0.3, 0.4) is 0 Å². The number of ketones is 1. The van der Waals surface area contributed by atoms with Crippen molar-refractivity contribution in [2.24, 2.45) is 5.73 Å². The number of nitrogens with zero attached hydrogens (tertiary/aromatic N) is 4. The first kappa shape index (κ1) is 31.5. The van der Waals surface area contributed by atoms with Gasteiger partial charge in [-0.1, -0.05) is 6.07 Å². The molecule has 0 radical (unpaired) electrons. The summed E-state index contributed by atoms with van der Waals surface area (Å²) >= 11 is 0. The minimum Gasteiger partial charge on any atom is -0.435 e. The van der Waals surface area contributed by atoms with Crippen molar-refractivity contribution in [1.82, 2.24) is 24.6 Å². The molecular weight excluding hydrogens is 622 g/mol. The molecule has 1 amide bonds. The number of piperidine rings is 1. The van der Waals surface area contributed by atoms with E-state index < -0.39 is 29.8 Å². The molecule has 11 nitrogen and oxygen atoms in total. The molecule has 0 atom stereocenters. The van der Waals surface area contributed by atoms with Gasteiger partial charge >= 0.3 is 6.61 Å². The second kappa shape index (κ2) is 12.7. The van der Waals surface area contributed by atoms with E-state index in [1.807, 2.05) is 0 Å². The maximum Gasteiger partial charge on any atom is 0.387 e. The van der Waals surface area contributed by atoms with E-state index in [0.717, 1.165) is 12.1 Å². The molecular formula is C32H29F4N7O4. The summed E-state index contributed by atoms with van der Waals surface area (Å²) in [4.78, 5) is 34.4. The van der Waals surface area contributed by atoms with Gasteiger partial charge in [-0.05, 0) is 67.1 Å². The van der Waals surface area contributed by atoms with Gasteiger partial charge in [0.1, 0.15) is 11.6 Å². The summed E-state index contributed by atoms with van der Waals surface area (Å²) in [5.41, 5.74) is 14.0. The van der Waals surface area contributed by atoms with E-state index in [0.29, 0.717) is 53.6 Å². The highest BCUT2D eigenvalue weighted by Gasteiger charge is 2.28. The molecule has 0 unspecified atom stereocenters. The van der Waals surface area contributed by atoms with Gasteiger partial charge in [0.15, 0.2) is 11.6 Å². The number of carbonyl (C=O) groups excluding carboxylic acids is 2. The number of nitrogens with two attached hydrogens (primary N) is 2. The molecule has 1 aliphatic rings. The van der Waals surface area contributed by atoms with E-state index in [1.54, 1.807) is 17.9 Å². The fraction of sp³-hybridized carbons (Fsp3) is 0.250. The molecule has 0 aliphatic carbocycles. The van der Waals surface area contributed by atoms with Crippen molar-refractivity contribution in [3.63, 3.8) is 0 Å². The van der Waals surface area contributed by atoms with Gasteiger partial charge < -0.3 is 30.8 Å². The van der Waals surface area contributed by atoms with E-state index >= 15 is 0 Å². The zero-order chi connectivity index (χ0) is 33.4. The third-order valence-corrected chi connectivity index (χ3v) is 8.14. The Morgan fingerprint density at radius 3 is 2.47 bits per heavy atom. The van der Waals surface area contributed by atoms with Crippen molar-refractivity contribution < 1.29 is 36.6 Å². The van der Waals surface area contributed by atoms with E-state index in [9.17, 15) is 27.2 Å². The number of amides is 1. The molecule has 1 saturated heterocycles. The Morgan fingerprint density at radius 1 is 1.09 bits per heavy atom. The topological polar surface area (TPSA) is 154 Å². The van der Waals surface area contributed by atoms with E-state index in [1.165, 1.54) is 41.3 Å². The molecule has 1 aliphatic heterocycles. The normalized spacial score (nSPS) is 13.8. The number of pyridine rings is 1. The highest BCUT2D eigenvalue weighted by atomic mass is 19.3. The van der Waals surface area contributed by atoms with Crippen LogP contribution in [0.5, 0.6) is 17.4 Å². The molecule has 0 spiro atoms. The van der Waals surface area contributed by atoms with Crippen LogP contribution in [0.2, 0.25) is 0 Å². The van der Waals surface area contributed by atoms with Crippen molar-refractivity contribution >= 4 is 28.4 Å². The number of carbonyl (C=O) groups is 2. The molecule has 2 aromatic carbocycles. The lowest BCUT2D eigenvalue weighted by Crippen LogP contribution is -2.41. The Bertz CT molecular complexity index is 1970. The summed E-state index contributed by atoms with van der Waals surface area (Å²) in [7, 11) is 0. The van der Waals surface area contributed by atoms with Crippen molar-refractivity contribution in [2.75, 3.05) is 25.4 Å². The molecule has 5 aromatic rings. The lowest BCUT2D eigenvalue weighted by atomic mass is 9.88. The second-order valence-electron chi connectivity index (χ2n) is 11.0. The average molecular weight is 652 g/mol. The molecule has 6 rings (SSSR count). The number of anilines is 1. The Labute approximate surface area is 265 Å². The van der Waals surface area contributed by atoms with Crippen LogP contribution in [0, 0.1) is 18.6 Å². The standard InChI is InChI=1S/C32H29F4N7O4/c1-16-9-27(47-30-21(33)3-2-4-22(30)34)39-15-25(16)43-31(38)20(14-40-43)29(45)24-10-18-11-26(46-32(35)36)19(12-23(18)41-24)17-5-7-42(8-6-17)28(44)13-37/h2-4,9-12,14-15,17,32,41H,5-8,13,37-38H2,1H3. The quantitative estimate of drug-likeness (QED) is 0.145. The third-order valence-electron chi connectivity index (χ3n) is 8.14. The molecule has 1 fully saturated rings. The predicted octanol–water partition coefficient (Wildman–Crippen LogP) is 5.21. The largest absolute Gasteiger partial charge is 0.435 e. The Balaban J connectivity index is 1.26. The highest BCUT2D eigenvalue weighted by Crippen LogP contribution is 2.38. The van der Waals surface area contributed by atoms with Gasteiger partial charge in [-0.15, -0.1) is 0 Å². The summed E-state index contributed by atoms with van der Waals surface area (Å²) in [5, 5.41) is 4.72. The van der Waals surface area contributed by atoms with E-state index in [2.05, 4.69) is 15.1 Å². The summed E-state index contributed by atoms with van der Waals surface area (Å²) in [6.07, 6.45) is 3.68. The number of aryl methyl sites for hydroxylation is 1. The van der Waals surface area contributed by atoms with Crippen LogP contribution in [0.4, 0.5) is 23.4 Å². The number of nitrogens with one attached hydrogen (secondary N) is 1. The third kappa shape index (κ3) is 6.21. The number of nitrogen functional groups attached to an aromatic ring is 1. The van der Waals surface area contributed by atoms with Crippen molar-refractivity contribution in [3.8, 4) is 23.1 Å². The first-order valence-electron chi connectivity index (χ1n) is 14.6. The van der Waals surface area contributed by atoms with E-state index in [4.69, 9.17) is 20.9 Å². The number of aromatic nitrogens is 4. The number of ether oxygens (including phenoxy) is 2. The maximum absolute atomic E-state index is 14.0. The first-order chi connectivity index (χ1) is 22.5. The number of para-hydroxylation sites is 1. The number of benzene rings is 2. The number of aromatic amines is 1. The summed E-state index contributed by atoms with van der Waals surface area (Å²) in [6, 6.07) is 9.43. The zero-order valence-electron chi connectivity index (χ0n) is 25.0. The molecule has 244 valence electrons. The van der Waals surface area contributed by atoms with Crippen LogP contribution in [0.25, 0.3) is 16.6 Å². The monoisotopic (exact) mass is 651 g/mol. The van der Waals surface area contributed by atoms with Crippen LogP contribution in [-0.2, 0) is 4.79 Å². The molecule has 4 heterocycles. The fourth-order valence-corrected chi connectivity index (χ4v) is 5.74. The van der Waals surface area contributed by atoms with Crippen LogP contribution in [0.1, 0.15) is 45.9 Å². The SMILES string of the molecule is Cc1cc(Oc2c(F)cccc2F)ncc1-n1ncc(C(=O)c2cc3cc(OC(F)F)c(C4CCN(C(=O)CN)CC4)cc3[nH]2)c1N. The maximum atomic E-state index is 14.0. The lowest BCUT2D eigenvalue weighted by molar-refractivity contribution is -0.130. The molecule has 47 heavy (non-hydrogen) atoms.